The van der Waals surface area contributed by atoms with E-state index >= 15 is 0 Å². The van der Waals surface area contributed by atoms with Crippen LogP contribution in [0, 0.1) is 3.57 Å². The first-order chi connectivity index (χ1) is 10.5. The number of hydrogen-bond donors (Lipinski definition) is 2. The average Bonchev–Trinajstić information content (AvgIpc) is 2.47. The van der Waals surface area contributed by atoms with Gasteiger partial charge in [-0.15, -0.1) is 0 Å². The zero-order chi connectivity index (χ0) is 15.9. The van der Waals surface area contributed by atoms with Crippen LogP contribution in [0.3, 0.4) is 0 Å². The predicted octanol–water partition coefficient (Wildman–Crippen LogP) is 3.50. The third-order valence-electron chi connectivity index (χ3n) is 3.08. The molecule has 0 aromatic heterocycles. The molecule has 1 atom stereocenters. The van der Waals surface area contributed by atoms with Gasteiger partial charge < -0.3 is 10.6 Å². The van der Waals surface area contributed by atoms with Crippen molar-refractivity contribution in [2.75, 3.05) is 5.32 Å². The Morgan fingerprint density at radius 2 is 1.82 bits per heavy atom. The number of amides is 2. The molecule has 2 amide bonds. The molecule has 0 aliphatic heterocycles. The molecule has 0 aliphatic rings. The first-order valence-electron chi connectivity index (χ1n) is 6.92. The summed E-state index contributed by atoms with van der Waals surface area (Å²) in [6.45, 7) is 1.45. The van der Waals surface area contributed by atoms with Gasteiger partial charge in [0.2, 0.25) is 11.8 Å². The van der Waals surface area contributed by atoms with Crippen molar-refractivity contribution in [1.82, 2.24) is 5.32 Å². The van der Waals surface area contributed by atoms with E-state index in [0.29, 0.717) is 0 Å². The first kappa shape index (κ1) is 16.5. The Bertz CT molecular complexity index is 659. The van der Waals surface area contributed by atoms with E-state index in [1.54, 1.807) is 0 Å². The van der Waals surface area contributed by atoms with E-state index in [-0.39, 0.29) is 24.3 Å². The molecule has 4 nitrogen and oxygen atoms in total. The molecule has 114 valence electrons. The highest BCUT2D eigenvalue weighted by Crippen LogP contribution is 2.18. The number of nitrogens with one attached hydrogen (secondary N) is 2. The molecule has 0 saturated heterocycles. The first-order valence-corrected chi connectivity index (χ1v) is 8.00. The van der Waals surface area contributed by atoms with Gasteiger partial charge in [-0.05, 0) is 46.4 Å². The molecule has 22 heavy (non-hydrogen) atoms. The third kappa shape index (κ3) is 5.14. The zero-order valence-electron chi connectivity index (χ0n) is 12.2. The predicted molar refractivity (Wildman–Crippen MR) is 95.4 cm³/mol. The highest BCUT2D eigenvalue weighted by molar-refractivity contribution is 14.1. The molecule has 0 saturated carbocycles. The van der Waals surface area contributed by atoms with Crippen molar-refractivity contribution in [3.8, 4) is 0 Å². The maximum Gasteiger partial charge on any atom is 0.226 e. The van der Waals surface area contributed by atoms with Gasteiger partial charge in [0.05, 0.1) is 12.5 Å². The molecule has 0 unspecified atom stereocenters. The lowest BCUT2D eigenvalue weighted by molar-refractivity contribution is -0.120. The highest BCUT2D eigenvalue weighted by Gasteiger charge is 2.17. The second-order valence-electron chi connectivity index (χ2n) is 4.93. The smallest absolute Gasteiger partial charge is 0.226 e. The number of carbonyl (C=O) groups is 2. The van der Waals surface area contributed by atoms with Crippen LogP contribution >= 0.6 is 22.6 Å². The van der Waals surface area contributed by atoms with Crippen molar-refractivity contribution in [2.45, 2.75) is 19.4 Å². The lowest BCUT2D eigenvalue weighted by Gasteiger charge is -2.18. The molecule has 2 aromatic rings. The maximum absolute atomic E-state index is 12.2. The minimum Gasteiger partial charge on any atom is -0.349 e. The van der Waals surface area contributed by atoms with Crippen LogP contribution < -0.4 is 10.6 Å². The van der Waals surface area contributed by atoms with E-state index in [1.807, 2.05) is 54.6 Å². The van der Waals surface area contributed by atoms with Crippen molar-refractivity contribution in [1.29, 1.82) is 0 Å². The molecular formula is C17H17IN2O2. The van der Waals surface area contributed by atoms with Crippen molar-refractivity contribution >= 4 is 40.1 Å². The molecule has 2 rings (SSSR count). The largest absolute Gasteiger partial charge is 0.349 e. The molecule has 2 N–H and O–H groups in total. The summed E-state index contributed by atoms with van der Waals surface area (Å²) in [4.78, 5) is 23.6. The summed E-state index contributed by atoms with van der Waals surface area (Å²) in [7, 11) is 0. The fourth-order valence-corrected chi connectivity index (χ4v) is 2.69. The Balaban J connectivity index is 2.06. The minimum atomic E-state index is -0.332. The Labute approximate surface area is 143 Å². The molecule has 0 bridgehead atoms. The molecule has 0 spiro atoms. The number of halogens is 1. The van der Waals surface area contributed by atoms with Gasteiger partial charge in [0.1, 0.15) is 0 Å². The minimum absolute atomic E-state index is 0.135. The lowest BCUT2D eigenvalue weighted by Crippen LogP contribution is -2.29. The van der Waals surface area contributed by atoms with Crippen LogP contribution in [0.25, 0.3) is 0 Å². The number of carbonyl (C=O) groups excluding carboxylic acids is 2. The van der Waals surface area contributed by atoms with Crippen LogP contribution in [0.5, 0.6) is 0 Å². The SMILES string of the molecule is CC(=O)N[C@H](CC(=O)Nc1cccc(I)c1)c1ccccc1. The molecule has 0 heterocycles. The summed E-state index contributed by atoms with van der Waals surface area (Å²) in [6.07, 6.45) is 0.190. The van der Waals surface area contributed by atoms with Crippen molar-refractivity contribution in [2.24, 2.45) is 0 Å². The molecule has 5 heteroatoms. The van der Waals surface area contributed by atoms with E-state index in [1.165, 1.54) is 6.92 Å². The monoisotopic (exact) mass is 408 g/mol. The maximum atomic E-state index is 12.2. The van der Waals surface area contributed by atoms with Crippen molar-refractivity contribution in [3.05, 3.63) is 63.7 Å². The summed E-state index contributed by atoms with van der Waals surface area (Å²) < 4.78 is 1.05. The number of benzene rings is 2. The van der Waals surface area contributed by atoms with Crippen LogP contribution in [0.4, 0.5) is 5.69 Å². The number of anilines is 1. The van der Waals surface area contributed by atoms with Crippen LogP contribution in [-0.4, -0.2) is 11.8 Å². The van der Waals surface area contributed by atoms with Crippen LogP contribution in [0.15, 0.2) is 54.6 Å². The Morgan fingerprint density at radius 1 is 1.09 bits per heavy atom. The van der Waals surface area contributed by atoms with E-state index < -0.39 is 0 Å². The number of hydrogen-bond acceptors (Lipinski definition) is 2. The van der Waals surface area contributed by atoms with E-state index in [9.17, 15) is 9.59 Å². The Hall–Kier alpha value is -1.89. The lowest BCUT2D eigenvalue weighted by atomic mass is 10.0. The van der Waals surface area contributed by atoms with E-state index in [4.69, 9.17) is 0 Å². The van der Waals surface area contributed by atoms with Crippen LogP contribution in [0.1, 0.15) is 24.9 Å². The third-order valence-corrected chi connectivity index (χ3v) is 3.75. The van der Waals surface area contributed by atoms with Gasteiger partial charge in [-0.2, -0.15) is 0 Å². The summed E-state index contributed by atoms with van der Waals surface area (Å²) >= 11 is 2.19. The van der Waals surface area contributed by atoms with Gasteiger partial charge in [-0.1, -0.05) is 36.4 Å². The van der Waals surface area contributed by atoms with E-state index in [2.05, 4.69) is 33.2 Å². The van der Waals surface area contributed by atoms with Crippen molar-refractivity contribution in [3.63, 3.8) is 0 Å². The van der Waals surface area contributed by atoms with Gasteiger partial charge in [0, 0.05) is 16.2 Å². The van der Waals surface area contributed by atoms with E-state index in [0.717, 1.165) is 14.8 Å². The molecule has 0 fully saturated rings. The molecule has 0 radical (unpaired) electrons. The second kappa shape index (κ2) is 7.93. The van der Waals surface area contributed by atoms with Crippen molar-refractivity contribution < 1.29 is 9.59 Å². The Morgan fingerprint density at radius 3 is 2.45 bits per heavy atom. The summed E-state index contributed by atoms with van der Waals surface area (Å²) in [5, 5.41) is 5.68. The Kier molecular flexibility index (Phi) is 5.94. The van der Waals surface area contributed by atoms with Gasteiger partial charge in [-0.3, -0.25) is 9.59 Å². The summed E-state index contributed by atoms with van der Waals surface area (Å²) in [6, 6.07) is 16.7. The van der Waals surface area contributed by atoms with Gasteiger partial charge in [0.25, 0.3) is 0 Å². The second-order valence-corrected chi connectivity index (χ2v) is 6.17. The summed E-state index contributed by atoms with van der Waals surface area (Å²) in [5.74, 6) is -0.291. The molecule has 2 aromatic carbocycles. The average molecular weight is 408 g/mol. The fraction of sp³-hybridized carbons (Fsp3) is 0.176. The summed E-state index contributed by atoms with van der Waals surface area (Å²) in [5.41, 5.74) is 1.67. The zero-order valence-corrected chi connectivity index (χ0v) is 14.3. The van der Waals surface area contributed by atoms with Gasteiger partial charge in [0.15, 0.2) is 0 Å². The quantitative estimate of drug-likeness (QED) is 0.745. The fourth-order valence-electron chi connectivity index (χ4n) is 2.15. The standard InChI is InChI=1S/C17H17IN2O2/c1-12(21)19-16(13-6-3-2-4-7-13)11-17(22)20-15-9-5-8-14(18)10-15/h2-10,16H,11H2,1H3,(H,19,21)(H,20,22)/t16-/m1/s1. The number of rotatable bonds is 5. The normalized spacial score (nSPS) is 11.5. The van der Waals surface area contributed by atoms with Gasteiger partial charge >= 0.3 is 0 Å². The van der Waals surface area contributed by atoms with Gasteiger partial charge in [-0.25, -0.2) is 0 Å². The highest BCUT2D eigenvalue weighted by atomic mass is 127. The van der Waals surface area contributed by atoms with Crippen LogP contribution in [0.2, 0.25) is 0 Å². The molecular weight excluding hydrogens is 391 g/mol. The topological polar surface area (TPSA) is 58.2 Å². The van der Waals surface area contributed by atoms with Crippen LogP contribution in [-0.2, 0) is 9.59 Å². The molecule has 0 aliphatic carbocycles.